The molecule has 4 aromatic heterocycles. The topological polar surface area (TPSA) is 112 Å². The molecule has 0 unspecified atom stereocenters. The van der Waals surface area contributed by atoms with E-state index in [0.717, 1.165) is 63.5 Å². The minimum absolute atomic E-state index is 0.288. The Hall–Kier alpha value is -3.45. The Balaban J connectivity index is 1.31. The summed E-state index contributed by atoms with van der Waals surface area (Å²) in [6, 6.07) is 5.08. The molecular weight excluding hydrogens is 610 g/mol. The van der Waals surface area contributed by atoms with Crippen molar-refractivity contribution in [2.45, 2.75) is 58.3 Å². The standard InChI is InChI=1S/C32H40ClN7O4Si/c1-20-26(30(41)42)32(18-44-20)8-11-38(12-9-32)31-35-29-25(28-34-10-13-40(28)31)22(17-39(29)19-43-14-15-45(3,4)5)21-6-7-24-23(27(21)33)16-37(2)36-24/h6-7,10,13,16-17,20,26H,8-9,11-12,14-15,18-19H2,1-5H3,(H,41,42)/t20-,26-/m0/s1. The molecule has 2 aliphatic heterocycles. The van der Waals surface area contributed by atoms with Crippen molar-refractivity contribution in [3.8, 4) is 11.1 Å². The molecule has 1 aromatic carbocycles. The number of anilines is 1. The number of hydrogen-bond donors (Lipinski definition) is 1. The zero-order valence-electron chi connectivity index (χ0n) is 26.5. The fraction of sp³-hybridized carbons (Fsp3) is 0.500. The van der Waals surface area contributed by atoms with Gasteiger partial charge in [-0.15, -0.1) is 0 Å². The number of carboxylic acids is 1. The van der Waals surface area contributed by atoms with Gasteiger partial charge in [0.25, 0.3) is 0 Å². The number of piperidine rings is 1. The van der Waals surface area contributed by atoms with E-state index in [0.29, 0.717) is 38.1 Å². The highest BCUT2D eigenvalue weighted by atomic mass is 35.5. The van der Waals surface area contributed by atoms with Crippen LogP contribution in [0.3, 0.4) is 0 Å². The van der Waals surface area contributed by atoms with E-state index in [9.17, 15) is 9.90 Å². The molecular formula is C32H40ClN7O4Si. The van der Waals surface area contributed by atoms with Crippen molar-refractivity contribution in [2.75, 3.05) is 31.2 Å². The van der Waals surface area contributed by atoms with Crippen LogP contribution in [-0.4, -0.2) is 80.3 Å². The van der Waals surface area contributed by atoms with Gasteiger partial charge in [-0.3, -0.25) is 13.9 Å². The van der Waals surface area contributed by atoms with Crippen molar-refractivity contribution < 1.29 is 19.4 Å². The lowest BCUT2D eigenvalue weighted by molar-refractivity contribution is -0.146. The fourth-order valence-electron chi connectivity index (χ4n) is 7.19. The number of imidazole rings is 1. The molecule has 0 bridgehead atoms. The number of aryl methyl sites for hydroxylation is 1. The maximum Gasteiger partial charge on any atom is 0.309 e. The normalized spacial score (nSPS) is 20.4. The molecule has 7 rings (SSSR count). The summed E-state index contributed by atoms with van der Waals surface area (Å²) in [5, 5.41) is 17.0. The first kappa shape index (κ1) is 30.2. The van der Waals surface area contributed by atoms with Gasteiger partial charge < -0.3 is 24.0 Å². The van der Waals surface area contributed by atoms with Gasteiger partial charge in [0.2, 0.25) is 5.95 Å². The molecule has 11 nitrogen and oxygen atoms in total. The second kappa shape index (κ2) is 11.1. The SMILES string of the molecule is C[C@@H]1OCC2(CCN(c3nc4c(c(-c5ccc6nn(C)cc6c5Cl)cn4COCC[Si](C)(C)C)c4nccn34)CC2)[C@@H]1C(=O)O. The number of benzene rings is 1. The zero-order chi connectivity index (χ0) is 31.7. The first-order valence-electron chi connectivity index (χ1n) is 15.6. The van der Waals surface area contributed by atoms with Crippen LogP contribution < -0.4 is 4.90 Å². The number of rotatable bonds is 8. The van der Waals surface area contributed by atoms with Gasteiger partial charge >= 0.3 is 5.97 Å². The summed E-state index contributed by atoms with van der Waals surface area (Å²) in [4.78, 5) is 24.6. The van der Waals surface area contributed by atoms with E-state index in [2.05, 4.69) is 40.4 Å². The number of ether oxygens (including phenoxy) is 2. The minimum atomic E-state index is -1.26. The second-order valence-corrected chi connectivity index (χ2v) is 19.9. The number of carbonyl (C=O) groups is 1. The number of fused-ring (bicyclic) bond motifs is 4. The molecule has 2 fully saturated rings. The van der Waals surface area contributed by atoms with Gasteiger partial charge in [-0.05, 0) is 31.9 Å². The van der Waals surface area contributed by atoms with Crippen LogP contribution in [0.25, 0.3) is 38.7 Å². The van der Waals surface area contributed by atoms with E-state index in [1.54, 1.807) is 10.9 Å². The summed E-state index contributed by atoms with van der Waals surface area (Å²) in [5.41, 5.74) is 3.86. The molecule has 1 spiro atoms. The summed E-state index contributed by atoms with van der Waals surface area (Å²) < 4.78 is 18.0. The Morgan fingerprint density at radius 2 is 1.96 bits per heavy atom. The van der Waals surface area contributed by atoms with Crippen LogP contribution in [0.2, 0.25) is 30.7 Å². The van der Waals surface area contributed by atoms with Crippen molar-refractivity contribution in [3.05, 3.63) is 41.9 Å². The summed E-state index contributed by atoms with van der Waals surface area (Å²) in [6.45, 7) is 11.8. The Morgan fingerprint density at radius 1 is 1.18 bits per heavy atom. The first-order chi connectivity index (χ1) is 21.5. The number of carboxylic acid groups (broad SMARTS) is 1. The highest BCUT2D eigenvalue weighted by molar-refractivity contribution is 6.76. The quantitative estimate of drug-likeness (QED) is 0.163. The van der Waals surface area contributed by atoms with Crippen LogP contribution in [0.15, 0.2) is 36.9 Å². The van der Waals surface area contributed by atoms with Gasteiger partial charge in [0.15, 0.2) is 5.65 Å². The first-order valence-corrected chi connectivity index (χ1v) is 19.7. The van der Waals surface area contributed by atoms with E-state index in [1.165, 1.54) is 0 Å². The third-order valence-corrected chi connectivity index (χ3v) is 11.8. The molecule has 13 heteroatoms. The van der Waals surface area contributed by atoms with Gasteiger partial charge in [-0.2, -0.15) is 10.1 Å². The Bertz CT molecular complexity index is 1920. The lowest BCUT2D eigenvalue weighted by atomic mass is 9.69. The molecule has 0 aliphatic carbocycles. The van der Waals surface area contributed by atoms with Crippen molar-refractivity contribution >= 4 is 59.2 Å². The van der Waals surface area contributed by atoms with Crippen molar-refractivity contribution in [2.24, 2.45) is 18.4 Å². The number of halogens is 1. The number of nitrogens with zero attached hydrogens (tertiary/aromatic N) is 7. The predicted octanol–water partition coefficient (Wildman–Crippen LogP) is 5.91. The molecule has 238 valence electrons. The van der Waals surface area contributed by atoms with E-state index >= 15 is 0 Å². The maximum absolute atomic E-state index is 12.2. The number of hydrogen-bond acceptors (Lipinski definition) is 7. The number of aliphatic carboxylic acids is 1. The Kier molecular flexibility index (Phi) is 7.46. The summed E-state index contributed by atoms with van der Waals surface area (Å²) in [7, 11) is 0.635. The van der Waals surface area contributed by atoms with Gasteiger partial charge in [0.1, 0.15) is 12.4 Å². The third-order valence-electron chi connectivity index (χ3n) is 9.66. The molecule has 45 heavy (non-hydrogen) atoms. The number of aromatic nitrogens is 6. The molecule has 2 aliphatic rings. The molecule has 5 aromatic rings. The van der Waals surface area contributed by atoms with Gasteiger partial charge in [0, 0.05) is 81.5 Å². The van der Waals surface area contributed by atoms with Gasteiger partial charge in [-0.25, -0.2) is 4.98 Å². The van der Waals surface area contributed by atoms with E-state index in [1.807, 2.05) is 42.9 Å². The molecule has 1 N–H and O–H groups in total. The van der Waals surface area contributed by atoms with E-state index in [4.69, 9.17) is 31.0 Å². The largest absolute Gasteiger partial charge is 0.481 e. The van der Waals surface area contributed by atoms with E-state index < -0.39 is 20.0 Å². The Morgan fingerprint density at radius 3 is 2.69 bits per heavy atom. The molecule has 0 radical (unpaired) electrons. The predicted molar refractivity (Wildman–Crippen MR) is 178 cm³/mol. The highest BCUT2D eigenvalue weighted by Gasteiger charge is 2.53. The second-order valence-electron chi connectivity index (χ2n) is 13.9. The monoisotopic (exact) mass is 649 g/mol. The average molecular weight is 650 g/mol. The average Bonchev–Trinajstić information content (AvgIpc) is 3.76. The van der Waals surface area contributed by atoms with Crippen LogP contribution in [0.5, 0.6) is 0 Å². The van der Waals surface area contributed by atoms with Crippen molar-refractivity contribution in [3.63, 3.8) is 0 Å². The van der Waals surface area contributed by atoms with Gasteiger partial charge in [0.05, 0.1) is 34.6 Å². The molecule has 0 saturated carbocycles. The van der Waals surface area contributed by atoms with Crippen LogP contribution in [0, 0.1) is 11.3 Å². The van der Waals surface area contributed by atoms with Crippen molar-refractivity contribution in [1.82, 2.24) is 28.7 Å². The van der Waals surface area contributed by atoms with Crippen molar-refractivity contribution in [1.29, 1.82) is 0 Å². The third kappa shape index (κ3) is 5.21. The van der Waals surface area contributed by atoms with Crippen LogP contribution >= 0.6 is 11.6 Å². The van der Waals surface area contributed by atoms with Gasteiger partial charge in [-0.1, -0.05) is 37.3 Å². The lowest BCUT2D eigenvalue weighted by Crippen LogP contribution is -2.47. The fourth-order valence-corrected chi connectivity index (χ4v) is 8.26. The molecule has 2 saturated heterocycles. The summed E-state index contributed by atoms with van der Waals surface area (Å²) in [6.07, 6.45) is 8.91. The summed E-state index contributed by atoms with van der Waals surface area (Å²) in [5.74, 6) is -0.489. The molecule has 6 heterocycles. The van der Waals surface area contributed by atoms with E-state index in [-0.39, 0.29) is 11.5 Å². The maximum atomic E-state index is 12.2. The smallest absolute Gasteiger partial charge is 0.309 e. The molecule has 0 amide bonds. The van der Waals surface area contributed by atoms with Crippen LogP contribution in [-0.2, 0) is 28.0 Å². The zero-order valence-corrected chi connectivity index (χ0v) is 28.2. The lowest BCUT2D eigenvalue weighted by Gasteiger charge is -2.41. The van der Waals surface area contributed by atoms with Crippen LogP contribution in [0.1, 0.15) is 19.8 Å². The summed E-state index contributed by atoms with van der Waals surface area (Å²) >= 11 is 7.06. The molecule has 2 atom stereocenters. The Labute approximate surface area is 267 Å². The highest BCUT2D eigenvalue weighted by Crippen LogP contribution is 2.47. The minimum Gasteiger partial charge on any atom is -0.481 e. The van der Waals surface area contributed by atoms with Crippen LogP contribution in [0.4, 0.5) is 5.95 Å².